The third kappa shape index (κ3) is 3.61. The highest BCUT2D eigenvalue weighted by atomic mass is 32.1. The van der Waals surface area contributed by atoms with Crippen molar-refractivity contribution in [2.24, 2.45) is 5.92 Å². The Bertz CT molecular complexity index is 710. The molecule has 3 rings (SSSR count). The van der Waals surface area contributed by atoms with Gasteiger partial charge in [-0.3, -0.25) is 4.79 Å². The van der Waals surface area contributed by atoms with Gasteiger partial charge in [-0.15, -0.1) is 11.3 Å². The summed E-state index contributed by atoms with van der Waals surface area (Å²) in [5, 5.41) is 6.13. The van der Waals surface area contributed by atoms with Crippen molar-refractivity contribution in [3.63, 3.8) is 0 Å². The van der Waals surface area contributed by atoms with Gasteiger partial charge in [-0.2, -0.15) is 0 Å². The Balaban J connectivity index is 1.70. The third-order valence-electron chi connectivity index (χ3n) is 4.55. The summed E-state index contributed by atoms with van der Waals surface area (Å²) in [6.07, 6.45) is 3.79. The lowest BCUT2D eigenvalue weighted by Crippen LogP contribution is -2.21. The van der Waals surface area contributed by atoms with Gasteiger partial charge in [0.15, 0.2) is 10.7 Å². The number of thiazole rings is 1. The van der Waals surface area contributed by atoms with E-state index >= 15 is 0 Å². The average molecular weight is 344 g/mol. The molecule has 0 saturated carbocycles. The molecule has 2 aromatic rings. The largest absolute Gasteiger partial charge is 0.453 e. The summed E-state index contributed by atoms with van der Waals surface area (Å²) in [6.45, 7) is 6.18. The first kappa shape index (κ1) is 17.0. The van der Waals surface area contributed by atoms with Crippen LogP contribution in [-0.4, -0.2) is 11.0 Å². The molecule has 0 aliphatic carbocycles. The van der Waals surface area contributed by atoms with Gasteiger partial charge in [-0.25, -0.2) is 4.98 Å². The Morgan fingerprint density at radius 3 is 2.83 bits per heavy atom. The number of hydrogen-bond donors (Lipinski definition) is 1. The number of ether oxygens (including phenoxy) is 1. The van der Waals surface area contributed by atoms with Crippen LogP contribution in [0.4, 0.5) is 10.8 Å². The molecule has 0 amide bonds. The van der Waals surface area contributed by atoms with Crippen molar-refractivity contribution in [3.8, 4) is 0 Å². The predicted octanol–water partition coefficient (Wildman–Crippen LogP) is 5.16. The number of nitrogens with zero attached hydrogens (tertiary/aromatic N) is 1. The van der Waals surface area contributed by atoms with Crippen LogP contribution in [0.1, 0.15) is 50.8 Å². The highest BCUT2D eigenvalue weighted by molar-refractivity contribution is 7.13. The summed E-state index contributed by atoms with van der Waals surface area (Å²) in [7, 11) is 0. The Morgan fingerprint density at radius 2 is 2.12 bits per heavy atom. The zero-order valence-electron chi connectivity index (χ0n) is 14.5. The number of benzene rings is 1. The number of nitrogens with one attached hydrogen (secondary N) is 1. The fourth-order valence-corrected chi connectivity index (χ4v) is 3.92. The monoisotopic (exact) mass is 344 g/mol. The van der Waals surface area contributed by atoms with Crippen molar-refractivity contribution < 1.29 is 9.53 Å². The molecule has 1 aliphatic rings. The maximum Gasteiger partial charge on any atom is 0.310 e. The Hall–Kier alpha value is -1.88. The second-order valence-corrected chi connectivity index (χ2v) is 7.58. The van der Waals surface area contributed by atoms with Gasteiger partial charge in [0.1, 0.15) is 0 Å². The summed E-state index contributed by atoms with van der Waals surface area (Å²) >= 11 is 1.54. The molecule has 4 nitrogen and oxygen atoms in total. The van der Waals surface area contributed by atoms with Crippen molar-refractivity contribution in [2.75, 3.05) is 5.32 Å². The van der Waals surface area contributed by atoms with Crippen LogP contribution in [0.3, 0.4) is 0 Å². The molecule has 1 aromatic carbocycles. The second kappa shape index (κ2) is 6.93. The van der Waals surface area contributed by atoms with Crippen molar-refractivity contribution in [1.29, 1.82) is 0 Å². The molecular weight excluding hydrogens is 320 g/mol. The minimum absolute atomic E-state index is 0.00478. The van der Waals surface area contributed by atoms with E-state index in [9.17, 15) is 4.79 Å². The van der Waals surface area contributed by atoms with Gasteiger partial charge in [0, 0.05) is 17.5 Å². The van der Waals surface area contributed by atoms with E-state index < -0.39 is 5.60 Å². The number of cyclic esters (lactones) is 1. The van der Waals surface area contributed by atoms with Gasteiger partial charge in [-0.1, -0.05) is 37.5 Å². The topological polar surface area (TPSA) is 51.2 Å². The molecule has 0 spiro atoms. The molecule has 1 fully saturated rings. The number of hydrogen-bond acceptors (Lipinski definition) is 5. The molecule has 24 heavy (non-hydrogen) atoms. The molecule has 128 valence electrons. The average Bonchev–Trinajstić information content (AvgIpc) is 3.13. The van der Waals surface area contributed by atoms with Gasteiger partial charge in [0.05, 0.1) is 11.6 Å². The van der Waals surface area contributed by atoms with E-state index in [0.717, 1.165) is 42.2 Å². The lowest BCUT2D eigenvalue weighted by molar-refractivity contribution is -0.150. The van der Waals surface area contributed by atoms with Crippen LogP contribution >= 0.6 is 11.3 Å². The van der Waals surface area contributed by atoms with Gasteiger partial charge in [0.25, 0.3) is 0 Å². The van der Waals surface area contributed by atoms with E-state index in [0.29, 0.717) is 0 Å². The minimum atomic E-state index is -0.598. The SMILES string of the molecule is CCCCC1CC(C)(c2csc(Nc3ccc(C)cc3)n2)OC1=O. The summed E-state index contributed by atoms with van der Waals surface area (Å²) in [5.74, 6) is -0.0721. The molecule has 0 bridgehead atoms. The van der Waals surface area contributed by atoms with E-state index in [2.05, 4.69) is 36.3 Å². The summed E-state index contributed by atoms with van der Waals surface area (Å²) in [5.41, 5.74) is 2.48. The number of aromatic nitrogens is 1. The lowest BCUT2D eigenvalue weighted by atomic mass is 9.90. The van der Waals surface area contributed by atoms with Crippen LogP contribution in [0, 0.1) is 12.8 Å². The van der Waals surface area contributed by atoms with Crippen LogP contribution in [-0.2, 0) is 15.1 Å². The maximum absolute atomic E-state index is 12.1. The van der Waals surface area contributed by atoms with Gasteiger partial charge < -0.3 is 10.1 Å². The molecule has 0 radical (unpaired) electrons. The maximum atomic E-state index is 12.1. The minimum Gasteiger partial charge on any atom is -0.453 e. The molecular formula is C19H24N2O2S. The molecule has 5 heteroatoms. The third-order valence-corrected chi connectivity index (χ3v) is 5.31. The summed E-state index contributed by atoms with van der Waals surface area (Å²) < 4.78 is 5.70. The molecule has 1 aliphatic heterocycles. The number of anilines is 2. The van der Waals surface area contributed by atoms with Crippen molar-refractivity contribution in [2.45, 2.75) is 52.1 Å². The first-order valence-electron chi connectivity index (χ1n) is 8.53. The van der Waals surface area contributed by atoms with Crippen molar-refractivity contribution in [3.05, 3.63) is 40.9 Å². The quantitative estimate of drug-likeness (QED) is 0.735. The van der Waals surface area contributed by atoms with E-state index in [-0.39, 0.29) is 11.9 Å². The molecule has 1 N–H and O–H groups in total. The van der Waals surface area contributed by atoms with Crippen LogP contribution in [0.5, 0.6) is 0 Å². The Morgan fingerprint density at radius 1 is 1.38 bits per heavy atom. The fourth-order valence-electron chi connectivity index (χ4n) is 3.06. The van der Waals surface area contributed by atoms with E-state index in [1.165, 1.54) is 5.56 Å². The smallest absolute Gasteiger partial charge is 0.310 e. The second-order valence-electron chi connectivity index (χ2n) is 6.72. The standard InChI is InChI=1S/C19H24N2O2S/c1-4-5-6-14-11-19(3,23-17(14)22)16-12-24-18(21-16)20-15-9-7-13(2)8-10-15/h7-10,12,14H,4-6,11H2,1-3H3,(H,20,21). The number of aryl methyl sites for hydroxylation is 1. The highest BCUT2D eigenvalue weighted by Crippen LogP contribution is 2.42. The molecule has 1 saturated heterocycles. The fraction of sp³-hybridized carbons (Fsp3) is 0.474. The first-order valence-corrected chi connectivity index (χ1v) is 9.40. The van der Waals surface area contributed by atoms with Crippen LogP contribution in [0.2, 0.25) is 0 Å². The van der Waals surface area contributed by atoms with Gasteiger partial charge in [0.2, 0.25) is 0 Å². The van der Waals surface area contributed by atoms with Crippen molar-refractivity contribution in [1.82, 2.24) is 4.98 Å². The molecule has 2 atom stereocenters. The van der Waals surface area contributed by atoms with Gasteiger partial charge in [-0.05, 0) is 32.4 Å². The lowest BCUT2D eigenvalue weighted by Gasteiger charge is -2.19. The number of rotatable bonds is 6. The predicted molar refractivity (Wildman–Crippen MR) is 97.7 cm³/mol. The zero-order chi connectivity index (χ0) is 17.2. The van der Waals surface area contributed by atoms with E-state index in [1.54, 1.807) is 11.3 Å². The molecule has 2 unspecified atom stereocenters. The summed E-state index contributed by atoms with van der Waals surface area (Å²) in [6, 6.07) is 8.20. The number of carbonyl (C=O) groups is 1. The number of unbranched alkanes of at least 4 members (excludes halogenated alkanes) is 1. The first-order chi connectivity index (χ1) is 11.5. The summed E-state index contributed by atoms with van der Waals surface area (Å²) in [4.78, 5) is 16.8. The number of carbonyl (C=O) groups excluding carboxylic acids is 1. The zero-order valence-corrected chi connectivity index (χ0v) is 15.3. The Labute approximate surface area is 147 Å². The normalized spacial score (nSPS) is 23.3. The van der Waals surface area contributed by atoms with Crippen molar-refractivity contribution >= 4 is 28.1 Å². The van der Waals surface area contributed by atoms with E-state index in [4.69, 9.17) is 4.74 Å². The highest BCUT2D eigenvalue weighted by Gasteiger charge is 2.45. The molecule has 1 aromatic heterocycles. The van der Waals surface area contributed by atoms with Crippen LogP contribution < -0.4 is 5.32 Å². The van der Waals surface area contributed by atoms with Crippen LogP contribution in [0.15, 0.2) is 29.6 Å². The number of esters is 1. The van der Waals surface area contributed by atoms with Gasteiger partial charge >= 0.3 is 5.97 Å². The molecule has 2 heterocycles. The Kier molecular flexibility index (Phi) is 4.90. The van der Waals surface area contributed by atoms with E-state index in [1.807, 2.05) is 24.4 Å². The van der Waals surface area contributed by atoms with Crippen LogP contribution in [0.25, 0.3) is 0 Å².